The molecule has 0 amide bonds. The van der Waals surface area contributed by atoms with Gasteiger partial charge >= 0.3 is 12.1 Å². The summed E-state index contributed by atoms with van der Waals surface area (Å²) in [6.45, 7) is 0. The molecule has 0 radical (unpaired) electrons. The Balaban J connectivity index is 3.36. The molecule has 96 valence electrons. The Morgan fingerprint density at radius 1 is 1.39 bits per heavy atom. The van der Waals surface area contributed by atoms with Crippen LogP contribution < -0.4 is 5.73 Å². The van der Waals surface area contributed by atoms with Crippen molar-refractivity contribution in [2.24, 2.45) is 0 Å². The quantitative estimate of drug-likeness (QED) is 0.336. The highest BCUT2D eigenvalue weighted by molar-refractivity contribution is 5.89. The molecular weight excluding hydrogens is 254 g/mol. The van der Waals surface area contributed by atoms with Gasteiger partial charge in [-0.1, -0.05) is 5.92 Å². The van der Waals surface area contributed by atoms with Gasteiger partial charge in [-0.15, -0.1) is 0 Å². The largest absolute Gasteiger partial charge is 0.459 e. The lowest BCUT2D eigenvalue weighted by Crippen LogP contribution is -2.10. The summed E-state index contributed by atoms with van der Waals surface area (Å²) in [5.41, 5.74) is 2.51. The fourth-order valence-electron chi connectivity index (χ4n) is 1.10. The second-order valence-electron chi connectivity index (χ2n) is 3.16. The molecule has 0 aromatic heterocycles. The van der Waals surface area contributed by atoms with E-state index in [2.05, 4.69) is 4.74 Å². The van der Waals surface area contributed by atoms with Crippen molar-refractivity contribution in [1.29, 1.82) is 0 Å². The fraction of sp³-hybridized carbons (Fsp3) is 0.182. The number of carbonyl (C=O) groups is 1. The molecule has 0 fully saturated rings. The van der Waals surface area contributed by atoms with Gasteiger partial charge in [0.05, 0.1) is 18.4 Å². The van der Waals surface area contributed by atoms with E-state index in [1.165, 1.54) is 0 Å². The smallest absolute Gasteiger partial charge is 0.417 e. The zero-order valence-electron chi connectivity index (χ0n) is 9.06. The Bertz CT molecular complexity index is 540. The Labute approximate surface area is 99.5 Å². The van der Waals surface area contributed by atoms with Gasteiger partial charge in [-0.3, -0.25) is 0 Å². The van der Waals surface area contributed by atoms with Crippen LogP contribution in [0, 0.1) is 17.7 Å². The van der Waals surface area contributed by atoms with Crippen LogP contribution in [0.4, 0.5) is 23.2 Å². The molecular formula is C11H7F4NO2. The van der Waals surface area contributed by atoms with Gasteiger partial charge in [0, 0.05) is 11.5 Å². The molecule has 1 aromatic rings. The van der Waals surface area contributed by atoms with Gasteiger partial charge in [0.2, 0.25) is 0 Å². The Morgan fingerprint density at radius 3 is 2.50 bits per heavy atom. The van der Waals surface area contributed by atoms with Crippen LogP contribution in [-0.4, -0.2) is 13.1 Å². The van der Waals surface area contributed by atoms with Gasteiger partial charge in [0.25, 0.3) is 0 Å². The average molecular weight is 261 g/mol. The summed E-state index contributed by atoms with van der Waals surface area (Å²) >= 11 is 0. The number of carbonyl (C=O) groups excluding carboxylic acids is 1. The van der Waals surface area contributed by atoms with Crippen LogP contribution in [0.1, 0.15) is 11.1 Å². The molecule has 0 aliphatic rings. The molecule has 0 aliphatic heterocycles. The van der Waals surface area contributed by atoms with Crippen molar-refractivity contribution in [3.8, 4) is 11.8 Å². The predicted octanol–water partition coefficient (Wildman–Crippen LogP) is 1.95. The van der Waals surface area contributed by atoms with Gasteiger partial charge in [-0.2, -0.15) is 13.2 Å². The summed E-state index contributed by atoms with van der Waals surface area (Å²) in [7, 11) is 1.02. The van der Waals surface area contributed by atoms with Crippen molar-refractivity contribution in [2.45, 2.75) is 6.18 Å². The Morgan fingerprint density at radius 2 is 2.00 bits per heavy atom. The first-order valence-electron chi connectivity index (χ1n) is 4.52. The van der Waals surface area contributed by atoms with E-state index in [0.717, 1.165) is 7.11 Å². The predicted molar refractivity (Wildman–Crippen MR) is 54.7 cm³/mol. The highest BCUT2D eigenvalue weighted by Crippen LogP contribution is 2.33. The first kappa shape index (κ1) is 13.8. The van der Waals surface area contributed by atoms with Crippen molar-refractivity contribution in [3.63, 3.8) is 0 Å². The van der Waals surface area contributed by atoms with E-state index in [4.69, 9.17) is 5.73 Å². The molecule has 0 heterocycles. The number of hydrogen-bond acceptors (Lipinski definition) is 3. The number of nitrogens with two attached hydrogens (primary N) is 1. The molecule has 7 heteroatoms. The molecule has 1 aromatic carbocycles. The third-order valence-electron chi connectivity index (χ3n) is 1.93. The number of benzene rings is 1. The maximum absolute atomic E-state index is 13.1. The third-order valence-corrected chi connectivity index (χ3v) is 1.93. The van der Waals surface area contributed by atoms with E-state index in [-0.39, 0.29) is 0 Å². The standard InChI is InChI=1S/C11H7F4NO2/c1-18-10(17)3-2-6-4-8(12)9(16)5-7(6)11(13,14)15/h4-5H,16H2,1H3. The number of esters is 1. The SMILES string of the molecule is COC(=O)C#Cc1cc(F)c(N)cc1C(F)(F)F. The molecule has 0 aliphatic carbocycles. The monoisotopic (exact) mass is 261 g/mol. The number of methoxy groups -OCH3 is 1. The summed E-state index contributed by atoms with van der Waals surface area (Å²) in [6.07, 6.45) is -4.75. The number of anilines is 1. The number of hydrogen-bond donors (Lipinski definition) is 1. The minimum Gasteiger partial charge on any atom is -0.459 e. The Hall–Kier alpha value is -2.23. The third kappa shape index (κ3) is 3.13. The van der Waals surface area contributed by atoms with Crippen molar-refractivity contribution in [3.05, 3.63) is 29.1 Å². The van der Waals surface area contributed by atoms with E-state index >= 15 is 0 Å². The van der Waals surface area contributed by atoms with E-state index in [0.29, 0.717) is 12.1 Å². The molecule has 3 nitrogen and oxygen atoms in total. The van der Waals surface area contributed by atoms with Crippen LogP contribution in [0.2, 0.25) is 0 Å². The molecule has 0 bridgehead atoms. The van der Waals surface area contributed by atoms with Crippen LogP contribution >= 0.6 is 0 Å². The van der Waals surface area contributed by atoms with Gasteiger partial charge < -0.3 is 10.5 Å². The maximum atomic E-state index is 13.1. The first-order valence-corrected chi connectivity index (χ1v) is 4.52. The highest BCUT2D eigenvalue weighted by Gasteiger charge is 2.34. The van der Waals surface area contributed by atoms with Gasteiger partial charge in [0.1, 0.15) is 5.82 Å². The molecule has 18 heavy (non-hydrogen) atoms. The fourth-order valence-corrected chi connectivity index (χ4v) is 1.10. The van der Waals surface area contributed by atoms with Crippen LogP contribution in [0.3, 0.4) is 0 Å². The van der Waals surface area contributed by atoms with Crippen molar-refractivity contribution in [2.75, 3.05) is 12.8 Å². The first-order chi connectivity index (χ1) is 8.25. The molecule has 0 saturated heterocycles. The summed E-state index contributed by atoms with van der Waals surface area (Å²) in [5, 5.41) is 0. The second kappa shape index (κ2) is 4.96. The molecule has 0 atom stereocenters. The summed E-state index contributed by atoms with van der Waals surface area (Å²) in [5.74, 6) is 1.62. The number of halogens is 4. The molecule has 0 unspecified atom stereocenters. The lowest BCUT2D eigenvalue weighted by molar-refractivity contribution is -0.138. The minimum absolute atomic E-state index is 0.427. The second-order valence-corrected chi connectivity index (χ2v) is 3.16. The Kier molecular flexibility index (Phi) is 3.81. The normalized spacial score (nSPS) is 10.5. The van der Waals surface area contributed by atoms with Crippen LogP contribution in [-0.2, 0) is 15.7 Å². The number of nitrogen functional groups attached to an aromatic ring is 1. The van der Waals surface area contributed by atoms with E-state index in [1.54, 1.807) is 5.92 Å². The van der Waals surface area contributed by atoms with Crippen molar-refractivity contribution in [1.82, 2.24) is 0 Å². The molecule has 1 rings (SSSR count). The lowest BCUT2D eigenvalue weighted by atomic mass is 10.1. The van der Waals surface area contributed by atoms with E-state index in [1.807, 2.05) is 5.92 Å². The van der Waals surface area contributed by atoms with E-state index in [9.17, 15) is 22.4 Å². The highest BCUT2D eigenvalue weighted by atomic mass is 19.4. The van der Waals surface area contributed by atoms with Crippen LogP contribution in [0.5, 0.6) is 0 Å². The zero-order chi connectivity index (χ0) is 13.9. The molecule has 2 N–H and O–H groups in total. The topological polar surface area (TPSA) is 52.3 Å². The van der Waals surface area contributed by atoms with Crippen molar-refractivity contribution < 1.29 is 27.1 Å². The average Bonchev–Trinajstić information content (AvgIpc) is 2.28. The van der Waals surface area contributed by atoms with Gasteiger partial charge in [-0.05, 0) is 12.1 Å². The minimum atomic E-state index is -4.75. The van der Waals surface area contributed by atoms with Crippen LogP contribution in [0.15, 0.2) is 12.1 Å². The van der Waals surface area contributed by atoms with Crippen molar-refractivity contribution >= 4 is 11.7 Å². The van der Waals surface area contributed by atoms with E-state index < -0.39 is 34.8 Å². The maximum Gasteiger partial charge on any atom is 0.417 e. The molecule has 0 saturated carbocycles. The summed E-state index contributed by atoms with van der Waals surface area (Å²) < 4.78 is 55.0. The molecule has 0 spiro atoms. The summed E-state index contributed by atoms with van der Waals surface area (Å²) in [6, 6.07) is 0.949. The van der Waals surface area contributed by atoms with Gasteiger partial charge in [0.15, 0.2) is 0 Å². The number of rotatable bonds is 0. The lowest BCUT2D eigenvalue weighted by Gasteiger charge is -2.10. The zero-order valence-corrected chi connectivity index (χ0v) is 9.06. The number of alkyl halides is 3. The van der Waals surface area contributed by atoms with Gasteiger partial charge in [-0.25, -0.2) is 9.18 Å². The number of ether oxygens (including phenoxy) is 1. The van der Waals surface area contributed by atoms with Crippen LogP contribution in [0.25, 0.3) is 0 Å². The summed E-state index contributed by atoms with van der Waals surface area (Å²) in [4.78, 5) is 10.7.